The van der Waals surface area contributed by atoms with Gasteiger partial charge in [0.2, 0.25) is 0 Å². The van der Waals surface area contributed by atoms with Crippen molar-refractivity contribution in [1.29, 1.82) is 0 Å². The van der Waals surface area contributed by atoms with Crippen LogP contribution in [0.5, 0.6) is 0 Å². The number of carbonyl (C=O) groups excluding carboxylic acids is 1. The molecule has 1 amide bonds. The maximum atomic E-state index is 13.0. The number of pyridine rings is 1. The van der Waals surface area contributed by atoms with E-state index < -0.39 is 0 Å². The van der Waals surface area contributed by atoms with Crippen LogP contribution in [0.25, 0.3) is 10.9 Å². The molecule has 6 nitrogen and oxygen atoms in total. The maximum Gasteiger partial charge on any atom is 0.272 e. The normalized spacial score (nSPS) is 17.0. The number of rotatable bonds is 2. The summed E-state index contributed by atoms with van der Waals surface area (Å²) in [6.45, 7) is 7.33. The van der Waals surface area contributed by atoms with Gasteiger partial charge in [0, 0.05) is 17.8 Å². The molecule has 0 bridgehead atoms. The first-order valence-electron chi connectivity index (χ1n) is 8.74. The molecule has 3 heterocycles. The minimum absolute atomic E-state index is 0.112. The van der Waals surface area contributed by atoms with E-state index in [1.165, 1.54) is 0 Å². The molecule has 4 rings (SSSR count). The number of hydrogen-bond donors (Lipinski definition) is 0. The van der Waals surface area contributed by atoms with Gasteiger partial charge in [0.1, 0.15) is 11.5 Å². The SMILES string of the molecule is CC(C)c1nnc2n1[C@@H](C)CN(C(=O)c1ccc3cccc(Cl)c3n1)C2. The second kappa shape index (κ2) is 6.36. The molecule has 1 aliphatic rings. The van der Waals surface area contributed by atoms with Crippen molar-refractivity contribution in [1.82, 2.24) is 24.6 Å². The van der Waals surface area contributed by atoms with Crippen LogP contribution >= 0.6 is 11.6 Å². The first kappa shape index (κ1) is 17.0. The van der Waals surface area contributed by atoms with Crippen LogP contribution in [-0.4, -0.2) is 37.1 Å². The molecule has 1 aliphatic heterocycles. The third kappa shape index (κ3) is 2.74. The number of carbonyl (C=O) groups is 1. The van der Waals surface area contributed by atoms with Crippen molar-refractivity contribution in [2.45, 2.75) is 39.3 Å². The Hall–Kier alpha value is -2.47. The highest BCUT2D eigenvalue weighted by Gasteiger charge is 2.30. The molecular weight excluding hydrogens is 350 g/mol. The lowest BCUT2D eigenvalue weighted by molar-refractivity contribution is 0.0673. The van der Waals surface area contributed by atoms with E-state index in [1.54, 1.807) is 17.0 Å². The van der Waals surface area contributed by atoms with E-state index in [-0.39, 0.29) is 11.9 Å². The standard InChI is InChI=1S/C19H20ClN5O/c1-11(2)18-23-22-16-10-24(9-12(3)25(16)18)19(26)15-8-7-13-5-4-6-14(20)17(13)21-15/h4-8,11-12H,9-10H2,1-3H3/t12-/m0/s1. The first-order valence-corrected chi connectivity index (χ1v) is 9.11. The summed E-state index contributed by atoms with van der Waals surface area (Å²) in [5.74, 6) is 1.97. The number of halogens is 1. The van der Waals surface area contributed by atoms with E-state index in [9.17, 15) is 4.79 Å². The zero-order chi connectivity index (χ0) is 18.4. The minimum Gasteiger partial charge on any atom is -0.328 e. The van der Waals surface area contributed by atoms with Gasteiger partial charge in [-0.25, -0.2) is 4.98 Å². The molecule has 0 saturated heterocycles. The molecule has 0 aliphatic carbocycles. The summed E-state index contributed by atoms with van der Waals surface area (Å²) >= 11 is 6.23. The van der Waals surface area contributed by atoms with Crippen LogP contribution in [0.3, 0.4) is 0 Å². The van der Waals surface area contributed by atoms with Crippen LogP contribution in [0.4, 0.5) is 0 Å². The van der Waals surface area contributed by atoms with E-state index in [4.69, 9.17) is 11.6 Å². The molecule has 1 atom stereocenters. The summed E-state index contributed by atoms with van der Waals surface area (Å²) in [6.07, 6.45) is 0. The van der Waals surface area contributed by atoms with Crippen LogP contribution in [-0.2, 0) is 6.54 Å². The number of para-hydroxylation sites is 1. The molecule has 7 heteroatoms. The lowest BCUT2D eigenvalue weighted by Gasteiger charge is -2.32. The lowest BCUT2D eigenvalue weighted by Crippen LogP contribution is -2.41. The number of aromatic nitrogens is 4. The average Bonchev–Trinajstić information content (AvgIpc) is 3.06. The summed E-state index contributed by atoms with van der Waals surface area (Å²) in [4.78, 5) is 19.3. The minimum atomic E-state index is -0.112. The molecule has 2 aromatic heterocycles. The van der Waals surface area contributed by atoms with Crippen molar-refractivity contribution in [3.8, 4) is 0 Å². The number of fused-ring (bicyclic) bond motifs is 2. The Morgan fingerprint density at radius 2 is 2.04 bits per heavy atom. The van der Waals surface area contributed by atoms with Crippen molar-refractivity contribution >= 4 is 28.4 Å². The van der Waals surface area contributed by atoms with Crippen LogP contribution in [0, 0.1) is 0 Å². The van der Waals surface area contributed by atoms with Gasteiger partial charge in [-0.2, -0.15) is 0 Å². The van der Waals surface area contributed by atoms with E-state index >= 15 is 0 Å². The lowest BCUT2D eigenvalue weighted by atomic mass is 10.1. The Bertz CT molecular complexity index is 997. The topological polar surface area (TPSA) is 63.9 Å². The molecular formula is C19H20ClN5O. The molecule has 3 aromatic rings. The smallest absolute Gasteiger partial charge is 0.272 e. The second-order valence-electron chi connectivity index (χ2n) is 7.04. The van der Waals surface area contributed by atoms with Gasteiger partial charge < -0.3 is 9.47 Å². The second-order valence-corrected chi connectivity index (χ2v) is 7.45. The van der Waals surface area contributed by atoms with Crippen molar-refractivity contribution < 1.29 is 4.79 Å². The Morgan fingerprint density at radius 1 is 1.23 bits per heavy atom. The third-order valence-corrected chi connectivity index (χ3v) is 5.05. The van der Waals surface area contributed by atoms with Gasteiger partial charge >= 0.3 is 0 Å². The van der Waals surface area contributed by atoms with Crippen molar-refractivity contribution in [2.24, 2.45) is 0 Å². The Kier molecular flexibility index (Phi) is 4.15. The monoisotopic (exact) mass is 369 g/mol. The fourth-order valence-electron chi connectivity index (χ4n) is 3.50. The summed E-state index contributed by atoms with van der Waals surface area (Å²) in [6, 6.07) is 9.35. The highest BCUT2D eigenvalue weighted by atomic mass is 35.5. The van der Waals surface area contributed by atoms with Gasteiger partial charge in [-0.15, -0.1) is 10.2 Å². The molecule has 26 heavy (non-hydrogen) atoms. The van der Waals surface area contributed by atoms with E-state index in [2.05, 4.69) is 40.5 Å². The molecule has 1 aromatic carbocycles. The maximum absolute atomic E-state index is 13.0. The molecule has 0 spiro atoms. The quantitative estimate of drug-likeness (QED) is 0.688. The van der Waals surface area contributed by atoms with Crippen LogP contribution in [0.1, 0.15) is 54.9 Å². The third-order valence-electron chi connectivity index (χ3n) is 4.74. The Labute approximate surface area is 156 Å². The zero-order valence-corrected chi connectivity index (χ0v) is 15.7. The average molecular weight is 370 g/mol. The molecule has 0 unspecified atom stereocenters. The molecule has 134 valence electrons. The van der Waals surface area contributed by atoms with E-state index in [0.717, 1.165) is 17.0 Å². The van der Waals surface area contributed by atoms with Crippen molar-refractivity contribution in [3.63, 3.8) is 0 Å². The number of amides is 1. The van der Waals surface area contributed by atoms with Crippen molar-refractivity contribution in [3.05, 3.63) is 52.7 Å². The fourth-order valence-corrected chi connectivity index (χ4v) is 3.73. The van der Waals surface area contributed by atoms with Gasteiger partial charge in [0.25, 0.3) is 5.91 Å². The highest BCUT2D eigenvalue weighted by Crippen LogP contribution is 2.27. The predicted octanol–water partition coefficient (Wildman–Crippen LogP) is 3.82. The largest absolute Gasteiger partial charge is 0.328 e. The van der Waals surface area contributed by atoms with Gasteiger partial charge in [0.05, 0.1) is 23.1 Å². The van der Waals surface area contributed by atoms with Gasteiger partial charge in [-0.3, -0.25) is 4.79 Å². The fraction of sp³-hybridized carbons (Fsp3) is 0.368. The number of benzene rings is 1. The zero-order valence-electron chi connectivity index (χ0n) is 15.0. The van der Waals surface area contributed by atoms with E-state index in [0.29, 0.717) is 35.2 Å². The Balaban J connectivity index is 1.66. The molecule has 0 N–H and O–H groups in total. The van der Waals surface area contributed by atoms with Gasteiger partial charge in [-0.05, 0) is 19.1 Å². The first-order chi connectivity index (χ1) is 12.5. The predicted molar refractivity (Wildman–Crippen MR) is 100 cm³/mol. The van der Waals surface area contributed by atoms with Crippen molar-refractivity contribution in [2.75, 3.05) is 6.54 Å². The van der Waals surface area contributed by atoms with Gasteiger partial charge in [-0.1, -0.05) is 43.6 Å². The van der Waals surface area contributed by atoms with E-state index in [1.807, 2.05) is 18.2 Å². The molecule has 0 fully saturated rings. The summed E-state index contributed by atoms with van der Waals surface area (Å²) in [5.41, 5.74) is 1.05. The van der Waals surface area contributed by atoms with Gasteiger partial charge in [0.15, 0.2) is 5.82 Å². The number of hydrogen-bond acceptors (Lipinski definition) is 4. The summed E-state index contributed by atoms with van der Waals surface area (Å²) in [5, 5.41) is 10.1. The molecule has 0 radical (unpaired) electrons. The number of nitrogens with zero attached hydrogens (tertiary/aromatic N) is 5. The van der Waals surface area contributed by atoms with Crippen LogP contribution in [0.2, 0.25) is 5.02 Å². The molecule has 0 saturated carbocycles. The summed E-state index contributed by atoms with van der Waals surface area (Å²) < 4.78 is 2.15. The summed E-state index contributed by atoms with van der Waals surface area (Å²) in [7, 11) is 0. The van der Waals surface area contributed by atoms with Crippen LogP contribution < -0.4 is 0 Å². The highest BCUT2D eigenvalue weighted by molar-refractivity contribution is 6.35. The van der Waals surface area contributed by atoms with Crippen LogP contribution in [0.15, 0.2) is 30.3 Å². The Morgan fingerprint density at radius 3 is 2.81 bits per heavy atom.